The highest BCUT2D eigenvalue weighted by atomic mass is 79.9. The Morgan fingerprint density at radius 2 is 1.89 bits per heavy atom. The number of nitrogens with zero attached hydrogens (tertiary/aromatic N) is 1. The molecule has 0 bridgehead atoms. The van der Waals surface area contributed by atoms with Crippen LogP contribution < -0.4 is 5.32 Å². The van der Waals surface area contributed by atoms with Crippen molar-refractivity contribution in [2.75, 3.05) is 5.32 Å². The zero-order valence-corrected chi connectivity index (χ0v) is 11.1. The molecule has 0 amide bonds. The summed E-state index contributed by atoms with van der Waals surface area (Å²) < 4.78 is 63.6. The van der Waals surface area contributed by atoms with Crippen molar-refractivity contribution in [1.82, 2.24) is 4.98 Å². The van der Waals surface area contributed by atoms with Gasteiger partial charge >= 0.3 is 6.18 Å². The van der Waals surface area contributed by atoms with Gasteiger partial charge in [0, 0.05) is 5.56 Å². The van der Waals surface area contributed by atoms with E-state index in [0.717, 1.165) is 12.1 Å². The molecule has 1 aromatic rings. The lowest BCUT2D eigenvalue weighted by molar-refractivity contribution is -0.146. The second-order valence-electron chi connectivity index (χ2n) is 4.41. The fourth-order valence-corrected chi connectivity index (χ4v) is 2.23. The number of hydrogen-bond donors (Lipinski definition) is 1. The largest absolute Gasteiger partial charge is 0.408 e. The summed E-state index contributed by atoms with van der Waals surface area (Å²) >= 11 is 2.91. The highest BCUT2D eigenvalue weighted by molar-refractivity contribution is 9.10. The molecule has 1 aliphatic rings. The zero-order chi connectivity index (χ0) is 14.2. The molecule has 0 aliphatic heterocycles. The molecule has 1 heterocycles. The normalized spacial score (nSPS) is 17.6. The van der Waals surface area contributed by atoms with Crippen molar-refractivity contribution in [3.8, 4) is 0 Å². The maximum atomic E-state index is 12.8. The van der Waals surface area contributed by atoms with Crippen molar-refractivity contribution in [1.29, 1.82) is 0 Å². The van der Waals surface area contributed by atoms with Gasteiger partial charge in [-0.2, -0.15) is 13.2 Å². The van der Waals surface area contributed by atoms with Crippen LogP contribution in [0, 0.1) is 5.92 Å². The monoisotopic (exact) mass is 344 g/mol. The lowest BCUT2D eigenvalue weighted by Gasteiger charge is -2.22. The summed E-state index contributed by atoms with van der Waals surface area (Å²) in [4.78, 5) is 3.75. The van der Waals surface area contributed by atoms with E-state index in [1.807, 2.05) is 0 Å². The third-order valence-corrected chi connectivity index (χ3v) is 3.22. The second kappa shape index (κ2) is 5.22. The van der Waals surface area contributed by atoms with E-state index < -0.39 is 24.6 Å². The van der Waals surface area contributed by atoms with Crippen molar-refractivity contribution in [3.05, 3.63) is 22.3 Å². The second-order valence-corrected chi connectivity index (χ2v) is 5.22. The summed E-state index contributed by atoms with van der Waals surface area (Å²) in [5, 5.41) is 2.22. The van der Waals surface area contributed by atoms with Crippen LogP contribution in [0.5, 0.6) is 0 Å². The Labute approximate surface area is 114 Å². The van der Waals surface area contributed by atoms with Gasteiger partial charge in [0.15, 0.2) is 0 Å². The summed E-state index contributed by atoms with van der Waals surface area (Å²) in [6.45, 7) is 0. The first-order valence-electron chi connectivity index (χ1n) is 5.56. The Morgan fingerprint density at radius 1 is 1.26 bits per heavy atom. The summed E-state index contributed by atoms with van der Waals surface area (Å²) in [5.41, 5.74) is -0.374. The number of rotatable bonds is 4. The molecule has 0 aromatic carbocycles. The van der Waals surface area contributed by atoms with E-state index >= 15 is 0 Å². The average molecular weight is 345 g/mol. The first-order valence-corrected chi connectivity index (χ1v) is 6.35. The lowest BCUT2D eigenvalue weighted by atomic mass is 10.1. The van der Waals surface area contributed by atoms with E-state index in [2.05, 4.69) is 26.2 Å². The summed E-state index contributed by atoms with van der Waals surface area (Å²) in [5.74, 6) is -0.699. The number of halogens is 6. The molecule has 1 atom stereocenters. The van der Waals surface area contributed by atoms with E-state index in [9.17, 15) is 22.0 Å². The van der Waals surface area contributed by atoms with Crippen LogP contribution in [0.15, 0.2) is 16.7 Å². The van der Waals surface area contributed by atoms with Gasteiger partial charge in [0.25, 0.3) is 6.43 Å². The van der Waals surface area contributed by atoms with Crippen LogP contribution in [0.25, 0.3) is 0 Å². The Morgan fingerprint density at radius 3 is 2.37 bits per heavy atom. The van der Waals surface area contributed by atoms with Crippen LogP contribution in [0.2, 0.25) is 0 Å². The molecule has 0 saturated heterocycles. The standard InChI is InChI=1S/C11H10BrF5N2/c12-7-3-6(10(13)14)4-8(18-7)19-9(5-1-2-5)11(15,16)17/h3-5,9-10H,1-2H2,(H,18,19)/t9-/m1/s1. The van der Waals surface area contributed by atoms with E-state index in [-0.39, 0.29) is 16.0 Å². The van der Waals surface area contributed by atoms with Crippen LogP contribution in [0.1, 0.15) is 24.8 Å². The smallest absolute Gasteiger partial charge is 0.358 e. The molecular weight excluding hydrogens is 335 g/mol. The van der Waals surface area contributed by atoms with Gasteiger partial charge in [-0.25, -0.2) is 13.8 Å². The minimum Gasteiger partial charge on any atom is -0.358 e. The van der Waals surface area contributed by atoms with Crippen molar-refractivity contribution < 1.29 is 22.0 Å². The molecular formula is C11H10BrF5N2. The van der Waals surface area contributed by atoms with Gasteiger partial charge < -0.3 is 5.32 Å². The first kappa shape index (κ1) is 14.5. The van der Waals surface area contributed by atoms with Crippen LogP contribution >= 0.6 is 15.9 Å². The van der Waals surface area contributed by atoms with Crippen molar-refractivity contribution in [2.24, 2.45) is 5.92 Å². The number of anilines is 1. The molecule has 2 rings (SSSR count). The van der Waals surface area contributed by atoms with Crippen LogP contribution in [-0.4, -0.2) is 17.2 Å². The van der Waals surface area contributed by atoms with E-state index in [1.54, 1.807) is 0 Å². The van der Waals surface area contributed by atoms with Gasteiger partial charge in [0.2, 0.25) is 0 Å². The van der Waals surface area contributed by atoms with Gasteiger partial charge in [0.05, 0.1) is 0 Å². The van der Waals surface area contributed by atoms with Gasteiger partial charge in [0.1, 0.15) is 16.5 Å². The molecule has 0 unspecified atom stereocenters. The quantitative estimate of drug-likeness (QED) is 0.640. The molecule has 106 valence electrons. The minimum absolute atomic E-state index is 0.0736. The van der Waals surface area contributed by atoms with Crippen LogP contribution in [-0.2, 0) is 0 Å². The van der Waals surface area contributed by atoms with Crippen molar-refractivity contribution >= 4 is 21.7 Å². The fourth-order valence-electron chi connectivity index (χ4n) is 1.77. The van der Waals surface area contributed by atoms with Gasteiger partial charge in [-0.1, -0.05) is 0 Å². The molecule has 0 radical (unpaired) electrons. The van der Waals surface area contributed by atoms with E-state index in [0.29, 0.717) is 12.8 Å². The Balaban J connectivity index is 2.21. The molecule has 1 saturated carbocycles. The van der Waals surface area contributed by atoms with Crippen LogP contribution in [0.3, 0.4) is 0 Å². The van der Waals surface area contributed by atoms with Gasteiger partial charge in [-0.05, 0) is 46.8 Å². The van der Waals surface area contributed by atoms with Crippen molar-refractivity contribution in [2.45, 2.75) is 31.5 Å². The third-order valence-electron chi connectivity index (χ3n) is 2.82. The van der Waals surface area contributed by atoms with Crippen molar-refractivity contribution in [3.63, 3.8) is 0 Å². The Bertz CT molecular complexity index is 459. The number of alkyl halides is 5. The highest BCUT2D eigenvalue weighted by Crippen LogP contribution is 2.41. The molecule has 1 aromatic heterocycles. The van der Waals surface area contributed by atoms with Gasteiger partial charge in [-0.3, -0.25) is 0 Å². The molecule has 0 spiro atoms. The summed E-state index contributed by atoms with van der Waals surface area (Å²) in [6, 6.07) is 0.284. The average Bonchev–Trinajstić information content (AvgIpc) is 3.07. The topological polar surface area (TPSA) is 24.9 Å². The number of pyridine rings is 1. The molecule has 8 heteroatoms. The SMILES string of the molecule is FC(F)c1cc(Br)nc(N[C@H](C2CC2)C(F)(F)F)c1. The van der Waals surface area contributed by atoms with Gasteiger partial charge in [-0.15, -0.1) is 0 Å². The molecule has 2 nitrogen and oxygen atoms in total. The maximum absolute atomic E-state index is 12.8. The first-order chi connectivity index (χ1) is 8.77. The number of hydrogen-bond acceptors (Lipinski definition) is 2. The number of aromatic nitrogens is 1. The Hall–Kier alpha value is -0.920. The Kier molecular flexibility index (Phi) is 3.98. The predicted octanol–water partition coefficient (Wildman–Crippen LogP) is 4.53. The fraction of sp³-hybridized carbons (Fsp3) is 0.545. The summed E-state index contributed by atoms with van der Waals surface area (Å²) in [6.07, 6.45) is -6.22. The molecule has 19 heavy (non-hydrogen) atoms. The lowest BCUT2D eigenvalue weighted by Crippen LogP contribution is -2.38. The summed E-state index contributed by atoms with van der Waals surface area (Å²) in [7, 11) is 0. The molecule has 1 N–H and O–H groups in total. The third kappa shape index (κ3) is 3.77. The van der Waals surface area contributed by atoms with E-state index in [1.165, 1.54) is 0 Å². The maximum Gasteiger partial charge on any atom is 0.408 e. The molecule has 1 aliphatic carbocycles. The predicted molar refractivity (Wildman–Crippen MR) is 63.1 cm³/mol. The van der Waals surface area contributed by atoms with Crippen LogP contribution in [0.4, 0.5) is 27.8 Å². The molecule has 1 fully saturated rings. The minimum atomic E-state index is -4.42. The van der Waals surface area contributed by atoms with E-state index in [4.69, 9.17) is 0 Å². The number of nitrogens with one attached hydrogen (secondary N) is 1. The zero-order valence-electron chi connectivity index (χ0n) is 9.52. The highest BCUT2D eigenvalue weighted by Gasteiger charge is 2.49.